The third kappa shape index (κ3) is 8.66. The molecule has 0 unspecified atom stereocenters. The van der Waals surface area contributed by atoms with Gasteiger partial charge in [-0.05, 0) is 107 Å². The number of allylic oxidation sites excluding steroid dienone is 2. The molecular formula is C52H66N6O7. The Morgan fingerprint density at radius 3 is 1.98 bits per heavy atom. The number of benzene rings is 2. The lowest BCUT2D eigenvalue weighted by Crippen LogP contribution is -2.53. The van der Waals surface area contributed by atoms with Crippen LogP contribution >= 0.6 is 0 Å². The van der Waals surface area contributed by atoms with Crippen molar-refractivity contribution in [2.24, 2.45) is 27.2 Å². The molecule has 346 valence electrons. The summed E-state index contributed by atoms with van der Waals surface area (Å²) < 4.78 is 22.5. The lowest BCUT2D eigenvalue weighted by molar-refractivity contribution is -0.153. The van der Waals surface area contributed by atoms with Gasteiger partial charge in [-0.2, -0.15) is 0 Å². The molecule has 2 spiro atoms. The van der Waals surface area contributed by atoms with Gasteiger partial charge in [0.2, 0.25) is 11.8 Å². The minimum absolute atomic E-state index is 0.00740. The first-order chi connectivity index (χ1) is 31.3. The number of alkyl carbamates (subject to hydrolysis) is 1. The fourth-order valence-corrected chi connectivity index (χ4v) is 11.7. The minimum Gasteiger partial charge on any atom is -0.483 e. The number of amides is 3. The number of nitrogens with zero attached hydrogens (tertiary/aromatic N) is 4. The predicted molar refractivity (Wildman–Crippen MR) is 252 cm³/mol. The maximum absolute atomic E-state index is 14.3. The van der Waals surface area contributed by atoms with Crippen molar-refractivity contribution in [1.82, 2.24) is 20.4 Å². The van der Waals surface area contributed by atoms with Crippen LogP contribution in [0.4, 0.5) is 4.79 Å². The molecule has 2 aliphatic carbocycles. The number of aliphatic imine (C=N–C) groups is 2. The van der Waals surface area contributed by atoms with Crippen molar-refractivity contribution in [3.05, 3.63) is 83.5 Å². The normalized spacial score (nSPS) is 23.8. The van der Waals surface area contributed by atoms with Gasteiger partial charge < -0.3 is 39.4 Å². The summed E-state index contributed by atoms with van der Waals surface area (Å²) >= 11 is 0. The topological polar surface area (TPSA) is 143 Å². The van der Waals surface area contributed by atoms with Crippen molar-refractivity contribution in [3.8, 4) is 11.1 Å². The number of hydrogen-bond acceptors (Lipinski definition) is 10. The van der Waals surface area contributed by atoms with E-state index in [9.17, 15) is 14.4 Å². The molecule has 0 radical (unpaired) electrons. The Labute approximate surface area is 383 Å². The van der Waals surface area contributed by atoms with E-state index < -0.39 is 24.0 Å². The Morgan fingerprint density at radius 1 is 0.738 bits per heavy atom. The molecule has 2 N–H and O–H groups in total. The number of carbonyl (C=O) groups is 3. The predicted octanol–water partition coefficient (Wildman–Crippen LogP) is 7.83. The number of hydrogen-bond donors (Lipinski definition) is 2. The molecule has 2 aromatic rings. The van der Waals surface area contributed by atoms with Crippen LogP contribution in [0.15, 0.2) is 71.2 Å². The van der Waals surface area contributed by atoms with E-state index in [1.54, 1.807) is 7.11 Å². The summed E-state index contributed by atoms with van der Waals surface area (Å²) in [7, 11) is 2.87. The largest absolute Gasteiger partial charge is 0.483 e. The summed E-state index contributed by atoms with van der Waals surface area (Å²) in [5.41, 5.74) is 12.4. The number of fused-ring (bicyclic) bond motifs is 1. The van der Waals surface area contributed by atoms with Gasteiger partial charge in [-0.25, -0.2) is 4.79 Å². The van der Waals surface area contributed by atoms with Gasteiger partial charge in [0.1, 0.15) is 12.1 Å². The second-order valence-corrected chi connectivity index (χ2v) is 20.0. The van der Waals surface area contributed by atoms with E-state index >= 15 is 0 Å². The molecule has 9 rings (SSSR count). The standard InChI is InChI=1S/C52H66N6O7/c1-31(2)46(55-33(5)62-6)49(60)58-30-52(64-21-22-65-52)27-45(58)43-23-36(28-53-43)34-12-14-35(15-13-34)38-16-17-39(41-26-51(25-40(38)41)18-8-9-19-51)37-24-42(54-29-37)44-11-10-20-57(44)48(59)47(32(3)4)56-50(61)63-7/h12-17,28-29,31-32,44-47,55H,5,8-11,18-27,30H2,1-4,6-7H3,(H,56,61)/t44-,45-,46-,47-/m0/s1. The number of carbonyl (C=O) groups excluding carboxylic acids is 3. The zero-order valence-electron chi connectivity index (χ0n) is 39.0. The summed E-state index contributed by atoms with van der Waals surface area (Å²) in [5, 5.41) is 5.96. The molecule has 65 heavy (non-hydrogen) atoms. The molecule has 4 atom stereocenters. The Morgan fingerprint density at radius 2 is 1.32 bits per heavy atom. The van der Waals surface area contributed by atoms with Crippen LogP contribution in [0.2, 0.25) is 0 Å². The van der Waals surface area contributed by atoms with Crippen molar-refractivity contribution in [1.29, 1.82) is 0 Å². The van der Waals surface area contributed by atoms with E-state index in [1.807, 2.05) is 49.9 Å². The van der Waals surface area contributed by atoms with Gasteiger partial charge in [0.05, 0.1) is 46.1 Å². The summed E-state index contributed by atoms with van der Waals surface area (Å²) in [6.45, 7) is 13.8. The molecular weight excluding hydrogens is 821 g/mol. The quantitative estimate of drug-likeness (QED) is 0.194. The van der Waals surface area contributed by atoms with E-state index in [4.69, 9.17) is 28.9 Å². The molecule has 4 fully saturated rings. The Balaban J connectivity index is 0.914. The molecule has 5 heterocycles. The van der Waals surface area contributed by atoms with Crippen molar-refractivity contribution < 1.29 is 33.3 Å². The summed E-state index contributed by atoms with van der Waals surface area (Å²) in [4.78, 5) is 54.1. The molecule has 2 aromatic carbocycles. The van der Waals surface area contributed by atoms with Crippen LogP contribution in [0.5, 0.6) is 0 Å². The highest BCUT2D eigenvalue weighted by Gasteiger charge is 2.53. The van der Waals surface area contributed by atoms with E-state index in [-0.39, 0.29) is 35.7 Å². The van der Waals surface area contributed by atoms with Gasteiger partial charge >= 0.3 is 6.09 Å². The SMILES string of the molecule is C=C(N[C@H](C(=O)N1CC2(C[C@H]1C1=NC=C(c3ccc(-c4ccc(C5=CN=C([C@@H]6CCCN6C(=O)[C@@H](NC(=O)OC)C(C)C)C5)c5c4CC4(CCCC4)C5)cc3)C1)OCCO2)C(C)C)OC. The van der Waals surface area contributed by atoms with E-state index in [2.05, 4.69) is 53.6 Å². The van der Waals surface area contributed by atoms with E-state index in [1.165, 1.54) is 66.2 Å². The second kappa shape index (κ2) is 18.2. The number of methoxy groups -OCH3 is 2. The Kier molecular flexibility index (Phi) is 12.6. The van der Waals surface area contributed by atoms with Crippen molar-refractivity contribution in [2.45, 2.75) is 128 Å². The number of ether oxygens (including phenoxy) is 4. The Hall–Kier alpha value is -5.27. The zero-order valence-corrected chi connectivity index (χ0v) is 39.0. The average molecular weight is 887 g/mol. The summed E-state index contributed by atoms with van der Waals surface area (Å²) in [6.07, 6.45) is 14.3. The smallest absolute Gasteiger partial charge is 0.407 e. The van der Waals surface area contributed by atoms with Crippen LogP contribution in [0, 0.1) is 17.3 Å². The van der Waals surface area contributed by atoms with Crippen LogP contribution in [0.1, 0.15) is 108 Å². The fraction of sp³-hybridized carbons (Fsp3) is 0.558. The zero-order chi connectivity index (χ0) is 45.6. The lowest BCUT2D eigenvalue weighted by Gasteiger charge is -2.31. The molecule has 13 nitrogen and oxygen atoms in total. The monoisotopic (exact) mass is 886 g/mol. The van der Waals surface area contributed by atoms with Crippen molar-refractivity contribution >= 4 is 40.5 Å². The maximum atomic E-state index is 14.3. The Bertz CT molecular complexity index is 2330. The van der Waals surface area contributed by atoms with Gasteiger partial charge in [0.25, 0.3) is 0 Å². The summed E-state index contributed by atoms with van der Waals surface area (Å²) in [6, 6.07) is 12.1. The van der Waals surface area contributed by atoms with Crippen LogP contribution in [-0.4, -0.2) is 110 Å². The van der Waals surface area contributed by atoms with Gasteiger partial charge in [-0.1, -0.05) is 76.9 Å². The third-order valence-corrected chi connectivity index (χ3v) is 15.2. The van der Waals surface area contributed by atoms with Gasteiger partial charge in [-0.15, -0.1) is 0 Å². The summed E-state index contributed by atoms with van der Waals surface area (Å²) in [5.74, 6) is -0.689. The van der Waals surface area contributed by atoms with E-state index in [0.717, 1.165) is 48.2 Å². The van der Waals surface area contributed by atoms with Crippen LogP contribution in [0.3, 0.4) is 0 Å². The molecule has 7 aliphatic rings. The molecule has 3 amide bonds. The van der Waals surface area contributed by atoms with Crippen LogP contribution in [0.25, 0.3) is 22.3 Å². The van der Waals surface area contributed by atoms with Gasteiger partial charge in [0.15, 0.2) is 11.7 Å². The molecule has 5 aliphatic heterocycles. The third-order valence-electron chi connectivity index (χ3n) is 15.2. The molecule has 0 bridgehead atoms. The molecule has 3 saturated heterocycles. The highest BCUT2D eigenvalue weighted by atomic mass is 16.7. The number of likely N-dealkylation sites (tertiary alicyclic amines) is 2. The molecule has 0 aromatic heterocycles. The first-order valence-corrected chi connectivity index (χ1v) is 23.8. The lowest BCUT2D eigenvalue weighted by atomic mass is 9.82. The van der Waals surface area contributed by atoms with Crippen LogP contribution in [-0.2, 0) is 41.4 Å². The number of rotatable bonds is 13. The molecule has 1 saturated carbocycles. The highest BCUT2D eigenvalue weighted by Crippen LogP contribution is 2.53. The van der Waals surface area contributed by atoms with Gasteiger partial charge in [-0.3, -0.25) is 19.6 Å². The fourth-order valence-electron chi connectivity index (χ4n) is 11.7. The first-order valence-electron chi connectivity index (χ1n) is 23.8. The number of nitrogens with one attached hydrogen (secondary N) is 2. The van der Waals surface area contributed by atoms with Crippen molar-refractivity contribution in [2.75, 3.05) is 40.5 Å². The highest BCUT2D eigenvalue weighted by molar-refractivity contribution is 6.05. The van der Waals surface area contributed by atoms with Crippen LogP contribution < -0.4 is 10.6 Å². The van der Waals surface area contributed by atoms with E-state index in [0.29, 0.717) is 56.9 Å². The molecule has 13 heteroatoms. The minimum atomic E-state index is -0.829. The first kappa shape index (κ1) is 44.9. The maximum Gasteiger partial charge on any atom is 0.407 e. The average Bonchev–Trinajstić information content (AvgIpc) is 4.17. The second-order valence-electron chi connectivity index (χ2n) is 20.0. The van der Waals surface area contributed by atoms with Crippen molar-refractivity contribution in [3.63, 3.8) is 0 Å². The van der Waals surface area contributed by atoms with Gasteiger partial charge in [0, 0.05) is 49.6 Å².